The van der Waals surface area contributed by atoms with E-state index in [0.717, 1.165) is 5.56 Å². The van der Waals surface area contributed by atoms with Crippen LogP contribution in [0.5, 0.6) is 0 Å². The van der Waals surface area contributed by atoms with E-state index in [-0.39, 0.29) is 24.1 Å². The standard InChI is InChI=1S/C22H24ClFN4O3/c23-16-7-5-15(6-8-16)13-25-22(31)26-14-20(29)28-11-9-17(10-12-28)27-21(30)18-3-1-2-4-19(18)24/h1-8,17H,9-14H2,(H,27,30)(H2,25,26,31). The number of urea groups is 1. The van der Waals surface area contributed by atoms with Crippen LogP contribution in [-0.2, 0) is 11.3 Å². The Morgan fingerprint density at radius 2 is 1.68 bits per heavy atom. The summed E-state index contributed by atoms with van der Waals surface area (Å²) in [6.45, 7) is 1.12. The molecule has 31 heavy (non-hydrogen) atoms. The van der Waals surface area contributed by atoms with Crippen molar-refractivity contribution in [3.05, 3.63) is 70.5 Å². The molecule has 1 aliphatic rings. The molecule has 9 heteroatoms. The van der Waals surface area contributed by atoms with Gasteiger partial charge in [0.1, 0.15) is 5.82 Å². The monoisotopic (exact) mass is 446 g/mol. The Balaban J connectivity index is 1.36. The van der Waals surface area contributed by atoms with E-state index >= 15 is 0 Å². The minimum absolute atomic E-state index is 0.00909. The highest BCUT2D eigenvalue weighted by atomic mass is 35.5. The molecule has 1 aliphatic heterocycles. The number of carbonyl (C=O) groups excluding carboxylic acids is 3. The predicted octanol–water partition coefficient (Wildman–Crippen LogP) is 2.70. The molecule has 0 aromatic heterocycles. The van der Waals surface area contributed by atoms with Gasteiger partial charge in [-0.1, -0.05) is 35.9 Å². The summed E-state index contributed by atoms with van der Waals surface area (Å²) >= 11 is 5.82. The quantitative estimate of drug-likeness (QED) is 0.637. The third kappa shape index (κ3) is 6.68. The fourth-order valence-corrected chi connectivity index (χ4v) is 3.42. The second kappa shape index (κ2) is 10.8. The summed E-state index contributed by atoms with van der Waals surface area (Å²) in [5.41, 5.74) is 0.903. The van der Waals surface area contributed by atoms with Crippen molar-refractivity contribution in [2.24, 2.45) is 0 Å². The number of halogens is 2. The largest absolute Gasteiger partial charge is 0.349 e. The Morgan fingerprint density at radius 3 is 2.35 bits per heavy atom. The Labute approximate surface area is 184 Å². The van der Waals surface area contributed by atoms with Crippen LogP contribution in [0.1, 0.15) is 28.8 Å². The normalized spacial score (nSPS) is 14.1. The number of nitrogens with one attached hydrogen (secondary N) is 3. The third-order valence-corrected chi connectivity index (χ3v) is 5.32. The van der Waals surface area contributed by atoms with Crippen LogP contribution in [0, 0.1) is 5.82 Å². The first-order valence-corrected chi connectivity index (χ1v) is 10.4. The molecule has 1 fully saturated rings. The van der Waals surface area contributed by atoms with Gasteiger partial charge < -0.3 is 20.9 Å². The molecule has 0 aliphatic carbocycles. The van der Waals surface area contributed by atoms with Crippen molar-refractivity contribution in [3.8, 4) is 0 Å². The van der Waals surface area contributed by atoms with E-state index in [4.69, 9.17) is 11.6 Å². The summed E-state index contributed by atoms with van der Waals surface area (Å²) in [6.07, 6.45) is 1.13. The molecule has 0 spiro atoms. The van der Waals surface area contributed by atoms with E-state index in [0.29, 0.717) is 37.5 Å². The lowest BCUT2D eigenvalue weighted by Gasteiger charge is -2.32. The Morgan fingerprint density at radius 1 is 1.00 bits per heavy atom. The Bertz CT molecular complexity index is 931. The van der Waals surface area contributed by atoms with E-state index < -0.39 is 17.8 Å². The van der Waals surface area contributed by atoms with Crippen LogP contribution in [0.15, 0.2) is 48.5 Å². The van der Waals surface area contributed by atoms with E-state index in [9.17, 15) is 18.8 Å². The van der Waals surface area contributed by atoms with Gasteiger partial charge in [-0.15, -0.1) is 0 Å². The third-order valence-electron chi connectivity index (χ3n) is 5.07. The summed E-state index contributed by atoms with van der Waals surface area (Å²) in [7, 11) is 0. The molecule has 0 bridgehead atoms. The van der Waals surface area contributed by atoms with Gasteiger partial charge in [-0.05, 0) is 42.7 Å². The number of benzene rings is 2. The number of amides is 4. The SMILES string of the molecule is O=C(NCC(=O)N1CCC(NC(=O)c2ccccc2F)CC1)NCc1ccc(Cl)cc1. The lowest BCUT2D eigenvalue weighted by Crippen LogP contribution is -2.49. The maximum Gasteiger partial charge on any atom is 0.315 e. The van der Waals surface area contributed by atoms with Gasteiger partial charge in [0.25, 0.3) is 5.91 Å². The topological polar surface area (TPSA) is 90.5 Å². The smallest absolute Gasteiger partial charge is 0.315 e. The van der Waals surface area contributed by atoms with Crippen LogP contribution in [0.2, 0.25) is 5.02 Å². The van der Waals surface area contributed by atoms with Gasteiger partial charge in [0.15, 0.2) is 0 Å². The number of rotatable bonds is 6. The average molecular weight is 447 g/mol. The van der Waals surface area contributed by atoms with E-state index in [1.165, 1.54) is 18.2 Å². The zero-order valence-electron chi connectivity index (χ0n) is 16.9. The van der Waals surface area contributed by atoms with Gasteiger partial charge in [0.05, 0.1) is 12.1 Å². The molecule has 0 saturated carbocycles. The molecule has 0 unspecified atom stereocenters. The van der Waals surface area contributed by atoms with E-state index in [1.807, 2.05) is 12.1 Å². The molecule has 3 rings (SSSR count). The number of hydrogen-bond acceptors (Lipinski definition) is 3. The van der Waals surface area contributed by atoms with Crippen molar-refractivity contribution < 1.29 is 18.8 Å². The van der Waals surface area contributed by atoms with Crippen LogP contribution < -0.4 is 16.0 Å². The number of hydrogen-bond donors (Lipinski definition) is 3. The minimum Gasteiger partial charge on any atom is -0.349 e. The highest BCUT2D eigenvalue weighted by molar-refractivity contribution is 6.30. The molecule has 3 N–H and O–H groups in total. The number of likely N-dealkylation sites (tertiary alicyclic amines) is 1. The first-order chi connectivity index (χ1) is 14.9. The molecule has 0 atom stereocenters. The molecule has 1 saturated heterocycles. The van der Waals surface area contributed by atoms with Crippen LogP contribution in [0.25, 0.3) is 0 Å². The first-order valence-electron chi connectivity index (χ1n) is 10.0. The second-order valence-corrected chi connectivity index (χ2v) is 7.71. The lowest BCUT2D eigenvalue weighted by atomic mass is 10.0. The van der Waals surface area contributed by atoms with Gasteiger partial charge in [-0.2, -0.15) is 0 Å². The van der Waals surface area contributed by atoms with Crippen LogP contribution in [-0.4, -0.2) is 48.4 Å². The highest BCUT2D eigenvalue weighted by Gasteiger charge is 2.25. The summed E-state index contributed by atoms with van der Waals surface area (Å²) in [5, 5.41) is 8.67. The van der Waals surface area contributed by atoms with Crippen molar-refractivity contribution in [1.29, 1.82) is 0 Å². The summed E-state index contributed by atoms with van der Waals surface area (Å²) in [6, 6.07) is 12.3. The number of piperidine rings is 1. The van der Waals surface area contributed by atoms with Gasteiger partial charge in [-0.25, -0.2) is 9.18 Å². The van der Waals surface area contributed by atoms with E-state index in [1.54, 1.807) is 23.1 Å². The average Bonchev–Trinajstić information content (AvgIpc) is 2.78. The zero-order valence-corrected chi connectivity index (χ0v) is 17.6. The Kier molecular flexibility index (Phi) is 7.83. The van der Waals surface area contributed by atoms with Crippen molar-refractivity contribution in [2.75, 3.05) is 19.6 Å². The number of nitrogens with zero attached hydrogens (tertiary/aromatic N) is 1. The van der Waals surface area contributed by atoms with Crippen LogP contribution in [0.3, 0.4) is 0 Å². The molecule has 0 radical (unpaired) electrons. The molecule has 7 nitrogen and oxygen atoms in total. The fraction of sp³-hybridized carbons (Fsp3) is 0.318. The van der Waals surface area contributed by atoms with Crippen molar-refractivity contribution in [2.45, 2.75) is 25.4 Å². The minimum atomic E-state index is -0.562. The number of carbonyl (C=O) groups is 3. The first kappa shape index (κ1) is 22.6. The predicted molar refractivity (Wildman–Crippen MR) is 115 cm³/mol. The second-order valence-electron chi connectivity index (χ2n) is 7.27. The van der Waals surface area contributed by atoms with Crippen molar-refractivity contribution in [3.63, 3.8) is 0 Å². The van der Waals surface area contributed by atoms with Crippen LogP contribution >= 0.6 is 11.6 Å². The van der Waals surface area contributed by atoms with Crippen LogP contribution in [0.4, 0.5) is 9.18 Å². The van der Waals surface area contributed by atoms with Gasteiger partial charge in [-0.3, -0.25) is 9.59 Å². The molecular weight excluding hydrogens is 423 g/mol. The molecule has 2 aromatic rings. The fourth-order valence-electron chi connectivity index (χ4n) is 3.30. The molecule has 164 valence electrons. The highest BCUT2D eigenvalue weighted by Crippen LogP contribution is 2.13. The van der Waals surface area contributed by atoms with Crippen molar-refractivity contribution in [1.82, 2.24) is 20.9 Å². The van der Waals surface area contributed by atoms with E-state index in [2.05, 4.69) is 16.0 Å². The summed E-state index contributed by atoms with van der Waals surface area (Å²) in [4.78, 5) is 38.1. The zero-order chi connectivity index (χ0) is 22.2. The summed E-state index contributed by atoms with van der Waals surface area (Å²) < 4.78 is 13.7. The molecular formula is C22H24ClFN4O3. The molecule has 1 heterocycles. The maximum absolute atomic E-state index is 13.7. The summed E-state index contributed by atoms with van der Waals surface area (Å²) in [5.74, 6) is -1.21. The molecule has 4 amide bonds. The Hall–Kier alpha value is -3.13. The maximum atomic E-state index is 13.7. The molecule has 2 aromatic carbocycles. The van der Waals surface area contributed by atoms with Gasteiger partial charge in [0.2, 0.25) is 5.91 Å². The van der Waals surface area contributed by atoms with Crippen molar-refractivity contribution >= 4 is 29.4 Å². The van der Waals surface area contributed by atoms with Gasteiger partial charge in [0, 0.05) is 30.7 Å². The lowest BCUT2D eigenvalue weighted by molar-refractivity contribution is -0.131. The van der Waals surface area contributed by atoms with Gasteiger partial charge >= 0.3 is 6.03 Å².